The lowest BCUT2D eigenvalue weighted by Gasteiger charge is -2.31. The van der Waals surface area contributed by atoms with Gasteiger partial charge in [-0.2, -0.15) is 5.26 Å². The molecule has 0 aromatic heterocycles. The van der Waals surface area contributed by atoms with E-state index >= 15 is 0 Å². The third-order valence-corrected chi connectivity index (χ3v) is 4.08. The monoisotopic (exact) mass is 242 g/mol. The summed E-state index contributed by atoms with van der Waals surface area (Å²) in [5.74, 6) is 0. The minimum Gasteiger partial charge on any atom is -0.370 e. The molecule has 0 radical (unpaired) electrons. The summed E-state index contributed by atoms with van der Waals surface area (Å²) in [6, 6.07) is 8.93. The van der Waals surface area contributed by atoms with Crippen molar-refractivity contribution >= 4 is 5.69 Å². The van der Waals surface area contributed by atoms with E-state index in [0.29, 0.717) is 6.04 Å². The maximum atomic E-state index is 9.27. The molecule has 0 amide bonds. The first-order chi connectivity index (χ1) is 8.74. The second-order valence-electron chi connectivity index (χ2n) is 5.34. The summed E-state index contributed by atoms with van der Waals surface area (Å²) in [5, 5.41) is 9.27. The zero-order valence-corrected chi connectivity index (χ0v) is 11.4. The third-order valence-electron chi connectivity index (χ3n) is 4.08. The fourth-order valence-corrected chi connectivity index (χ4v) is 3.05. The quantitative estimate of drug-likeness (QED) is 0.732. The molecule has 0 spiro atoms. The second kappa shape index (κ2) is 5.91. The van der Waals surface area contributed by atoms with Crippen LogP contribution in [0.1, 0.15) is 49.7 Å². The normalized spacial score (nSPS) is 16.9. The van der Waals surface area contributed by atoms with Crippen molar-refractivity contribution in [2.75, 3.05) is 11.9 Å². The van der Waals surface area contributed by atoms with Crippen LogP contribution in [0.2, 0.25) is 0 Å². The fourth-order valence-electron chi connectivity index (χ4n) is 3.05. The molecule has 1 fully saturated rings. The maximum absolute atomic E-state index is 9.27. The van der Waals surface area contributed by atoms with Gasteiger partial charge in [0, 0.05) is 13.1 Å². The Kier molecular flexibility index (Phi) is 4.25. The van der Waals surface area contributed by atoms with Crippen LogP contribution in [0.5, 0.6) is 0 Å². The molecule has 1 aromatic rings. The first-order valence-electron chi connectivity index (χ1n) is 6.96. The topological polar surface area (TPSA) is 27.0 Å². The van der Waals surface area contributed by atoms with Gasteiger partial charge in [-0.1, -0.05) is 37.8 Å². The van der Waals surface area contributed by atoms with Crippen molar-refractivity contribution in [1.29, 1.82) is 5.26 Å². The minimum absolute atomic E-state index is 0.598. The predicted molar refractivity (Wildman–Crippen MR) is 75.8 cm³/mol. The smallest absolute Gasteiger partial charge is 0.101 e. The first-order valence-corrected chi connectivity index (χ1v) is 6.96. The zero-order valence-electron chi connectivity index (χ0n) is 11.4. The standard InChI is InChI=1S/C16H22N2/c1-13-8-7-9-14(12-17)16(13)18(2)15-10-5-3-4-6-11-15/h7-9,15H,3-6,10-11H2,1-2H3. The summed E-state index contributed by atoms with van der Waals surface area (Å²) in [5.41, 5.74) is 3.15. The average Bonchev–Trinajstić information content (AvgIpc) is 2.66. The maximum Gasteiger partial charge on any atom is 0.101 e. The molecular formula is C16H22N2. The minimum atomic E-state index is 0.598. The number of nitriles is 1. The second-order valence-corrected chi connectivity index (χ2v) is 5.34. The Morgan fingerprint density at radius 3 is 2.44 bits per heavy atom. The fraction of sp³-hybridized carbons (Fsp3) is 0.562. The molecule has 0 saturated heterocycles. The molecule has 2 heteroatoms. The summed E-state index contributed by atoms with van der Waals surface area (Å²) in [7, 11) is 2.15. The van der Waals surface area contributed by atoms with E-state index in [1.165, 1.54) is 44.1 Å². The third kappa shape index (κ3) is 2.67. The summed E-state index contributed by atoms with van der Waals surface area (Å²) in [6.45, 7) is 2.10. The highest BCUT2D eigenvalue weighted by atomic mass is 15.1. The molecule has 1 aliphatic carbocycles. The van der Waals surface area contributed by atoms with Crippen molar-refractivity contribution < 1.29 is 0 Å². The van der Waals surface area contributed by atoms with Crippen LogP contribution in [0.4, 0.5) is 5.69 Å². The van der Waals surface area contributed by atoms with Gasteiger partial charge in [-0.15, -0.1) is 0 Å². The predicted octanol–water partition coefficient (Wildman–Crippen LogP) is 4.03. The number of hydrogen-bond donors (Lipinski definition) is 0. The molecule has 2 rings (SSSR count). The lowest BCUT2D eigenvalue weighted by Crippen LogP contribution is -2.32. The lowest BCUT2D eigenvalue weighted by atomic mass is 10.0. The summed E-state index contributed by atoms with van der Waals surface area (Å²) >= 11 is 0. The highest BCUT2D eigenvalue weighted by Gasteiger charge is 2.20. The lowest BCUT2D eigenvalue weighted by molar-refractivity contribution is 0.552. The van der Waals surface area contributed by atoms with Gasteiger partial charge in [-0.05, 0) is 31.4 Å². The Bertz CT molecular complexity index is 437. The Balaban J connectivity index is 2.27. The summed E-state index contributed by atoms with van der Waals surface area (Å²) < 4.78 is 0. The van der Waals surface area contributed by atoms with Crippen molar-refractivity contribution in [3.8, 4) is 6.07 Å². The number of anilines is 1. The van der Waals surface area contributed by atoms with E-state index in [1.54, 1.807) is 0 Å². The molecule has 2 nitrogen and oxygen atoms in total. The SMILES string of the molecule is Cc1cccc(C#N)c1N(C)C1CCCCCC1. The average molecular weight is 242 g/mol. The molecule has 18 heavy (non-hydrogen) atoms. The van der Waals surface area contributed by atoms with E-state index in [2.05, 4.69) is 31.0 Å². The van der Waals surface area contributed by atoms with Crippen LogP contribution in [0.3, 0.4) is 0 Å². The Morgan fingerprint density at radius 1 is 1.17 bits per heavy atom. The molecule has 1 saturated carbocycles. The first kappa shape index (κ1) is 13.0. The van der Waals surface area contributed by atoms with Crippen LogP contribution in [-0.4, -0.2) is 13.1 Å². The Labute approximate surface area is 110 Å². The van der Waals surface area contributed by atoms with Gasteiger partial charge in [0.1, 0.15) is 6.07 Å². The van der Waals surface area contributed by atoms with Gasteiger partial charge in [-0.3, -0.25) is 0 Å². The molecule has 1 aliphatic rings. The molecule has 0 aliphatic heterocycles. The molecule has 0 unspecified atom stereocenters. The van der Waals surface area contributed by atoms with Crippen LogP contribution in [-0.2, 0) is 0 Å². The Hall–Kier alpha value is -1.49. The van der Waals surface area contributed by atoms with Crippen molar-refractivity contribution in [3.63, 3.8) is 0 Å². The van der Waals surface area contributed by atoms with E-state index in [1.807, 2.05) is 12.1 Å². The van der Waals surface area contributed by atoms with Crippen molar-refractivity contribution in [2.24, 2.45) is 0 Å². The van der Waals surface area contributed by atoms with Gasteiger partial charge in [0.25, 0.3) is 0 Å². The Morgan fingerprint density at radius 2 is 1.83 bits per heavy atom. The van der Waals surface area contributed by atoms with E-state index in [0.717, 1.165) is 11.3 Å². The van der Waals surface area contributed by atoms with Gasteiger partial charge in [0.15, 0.2) is 0 Å². The van der Waals surface area contributed by atoms with Crippen LogP contribution in [0, 0.1) is 18.3 Å². The number of hydrogen-bond acceptors (Lipinski definition) is 2. The van der Waals surface area contributed by atoms with Crippen molar-refractivity contribution in [3.05, 3.63) is 29.3 Å². The summed E-state index contributed by atoms with van der Waals surface area (Å²) in [6.07, 6.45) is 7.89. The number of benzene rings is 1. The molecule has 96 valence electrons. The van der Waals surface area contributed by atoms with Crippen LogP contribution in [0.25, 0.3) is 0 Å². The largest absolute Gasteiger partial charge is 0.370 e. The number of para-hydroxylation sites is 1. The van der Waals surface area contributed by atoms with Gasteiger partial charge < -0.3 is 4.90 Å². The highest BCUT2D eigenvalue weighted by molar-refractivity contribution is 5.64. The van der Waals surface area contributed by atoms with Gasteiger partial charge in [0.2, 0.25) is 0 Å². The van der Waals surface area contributed by atoms with E-state index in [4.69, 9.17) is 0 Å². The van der Waals surface area contributed by atoms with Crippen LogP contribution < -0.4 is 4.90 Å². The van der Waals surface area contributed by atoms with Crippen molar-refractivity contribution in [1.82, 2.24) is 0 Å². The molecule has 0 heterocycles. The molecular weight excluding hydrogens is 220 g/mol. The van der Waals surface area contributed by atoms with E-state index < -0.39 is 0 Å². The summed E-state index contributed by atoms with van der Waals surface area (Å²) in [4.78, 5) is 2.35. The number of rotatable bonds is 2. The van der Waals surface area contributed by atoms with Gasteiger partial charge in [-0.25, -0.2) is 0 Å². The highest BCUT2D eigenvalue weighted by Crippen LogP contribution is 2.30. The molecule has 0 bridgehead atoms. The van der Waals surface area contributed by atoms with Crippen LogP contribution in [0.15, 0.2) is 18.2 Å². The number of aryl methyl sites for hydroxylation is 1. The van der Waals surface area contributed by atoms with E-state index in [9.17, 15) is 5.26 Å². The molecule has 1 aromatic carbocycles. The van der Waals surface area contributed by atoms with Crippen molar-refractivity contribution in [2.45, 2.75) is 51.5 Å². The molecule has 0 atom stereocenters. The number of nitrogens with zero attached hydrogens (tertiary/aromatic N) is 2. The van der Waals surface area contributed by atoms with Gasteiger partial charge in [0.05, 0.1) is 11.3 Å². The zero-order chi connectivity index (χ0) is 13.0. The van der Waals surface area contributed by atoms with Gasteiger partial charge >= 0.3 is 0 Å². The van der Waals surface area contributed by atoms with Crippen LogP contribution >= 0.6 is 0 Å². The molecule has 0 N–H and O–H groups in total. The van der Waals surface area contributed by atoms with E-state index in [-0.39, 0.29) is 0 Å².